The van der Waals surface area contributed by atoms with Gasteiger partial charge in [-0.05, 0) is 17.7 Å². The van der Waals surface area contributed by atoms with Crippen molar-refractivity contribution in [3.63, 3.8) is 0 Å². The zero-order chi connectivity index (χ0) is 20.3. The maximum absolute atomic E-state index is 13.0. The van der Waals surface area contributed by atoms with Crippen molar-refractivity contribution in [1.29, 1.82) is 0 Å². The van der Waals surface area contributed by atoms with Crippen LogP contribution in [0.5, 0.6) is 11.5 Å². The molecule has 0 bridgehead atoms. The highest BCUT2D eigenvalue weighted by Gasteiger charge is 2.24. The van der Waals surface area contributed by atoms with E-state index in [0.717, 1.165) is 17.5 Å². The minimum absolute atomic E-state index is 0.181. The van der Waals surface area contributed by atoms with Gasteiger partial charge in [0.05, 0.1) is 30.9 Å². The number of aromatic nitrogens is 2. The van der Waals surface area contributed by atoms with Gasteiger partial charge >= 0.3 is 0 Å². The molecule has 7 nitrogen and oxygen atoms in total. The van der Waals surface area contributed by atoms with Gasteiger partial charge in [0.25, 0.3) is 0 Å². The maximum Gasteiger partial charge on any atom is 0.243 e. The standard InChI is InChI=1S/C21H23N3O4S/c1-23(14-18-13-22-24(16-18)15-17-6-3-2-4-7-17)29(25,26)19-8-9-20-21(12-19)28-11-5-10-27-20/h2-4,6-9,12-13,16H,5,10-11,14-15H2,1H3. The minimum atomic E-state index is -3.67. The van der Waals surface area contributed by atoms with Crippen LogP contribution in [0.3, 0.4) is 0 Å². The van der Waals surface area contributed by atoms with Crippen molar-refractivity contribution in [3.8, 4) is 11.5 Å². The van der Waals surface area contributed by atoms with E-state index in [-0.39, 0.29) is 11.4 Å². The van der Waals surface area contributed by atoms with E-state index in [1.54, 1.807) is 30.1 Å². The van der Waals surface area contributed by atoms with E-state index >= 15 is 0 Å². The van der Waals surface area contributed by atoms with E-state index in [1.165, 1.54) is 10.4 Å². The third-order valence-electron chi connectivity index (χ3n) is 4.71. The van der Waals surface area contributed by atoms with Gasteiger partial charge in [0.15, 0.2) is 11.5 Å². The van der Waals surface area contributed by atoms with Gasteiger partial charge in [0, 0.05) is 37.8 Å². The molecule has 0 aliphatic carbocycles. The lowest BCUT2D eigenvalue weighted by Gasteiger charge is -2.17. The van der Waals surface area contributed by atoms with Gasteiger partial charge in [-0.3, -0.25) is 4.68 Å². The first-order valence-corrected chi connectivity index (χ1v) is 10.9. The number of nitrogens with zero attached hydrogens (tertiary/aromatic N) is 3. The maximum atomic E-state index is 13.0. The number of benzene rings is 2. The molecule has 1 aliphatic heterocycles. The first-order valence-electron chi connectivity index (χ1n) is 9.43. The number of hydrogen-bond donors (Lipinski definition) is 0. The third-order valence-corrected chi connectivity index (χ3v) is 6.51. The summed E-state index contributed by atoms with van der Waals surface area (Å²) < 4.78 is 40.3. The third kappa shape index (κ3) is 4.44. The first kappa shape index (κ1) is 19.5. The molecule has 1 aromatic heterocycles. The van der Waals surface area contributed by atoms with Gasteiger partial charge in [0.1, 0.15) is 0 Å². The molecule has 1 aliphatic rings. The predicted octanol–water partition coefficient (Wildman–Crippen LogP) is 2.91. The van der Waals surface area contributed by atoms with Crippen LogP contribution >= 0.6 is 0 Å². The molecule has 2 aromatic carbocycles. The van der Waals surface area contributed by atoms with Gasteiger partial charge in [-0.2, -0.15) is 9.40 Å². The van der Waals surface area contributed by atoms with Gasteiger partial charge in [-0.15, -0.1) is 0 Å². The van der Waals surface area contributed by atoms with E-state index < -0.39 is 10.0 Å². The molecule has 0 amide bonds. The molecule has 0 radical (unpaired) electrons. The minimum Gasteiger partial charge on any atom is -0.490 e. The lowest BCUT2D eigenvalue weighted by atomic mass is 10.2. The van der Waals surface area contributed by atoms with Crippen molar-refractivity contribution in [1.82, 2.24) is 14.1 Å². The predicted molar refractivity (Wildman–Crippen MR) is 108 cm³/mol. The fourth-order valence-corrected chi connectivity index (χ4v) is 4.35. The Hall–Kier alpha value is -2.84. The molecule has 152 valence electrons. The Kier molecular flexibility index (Phi) is 5.55. The molecule has 0 N–H and O–H groups in total. The molecule has 3 aromatic rings. The van der Waals surface area contributed by atoms with Crippen LogP contribution < -0.4 is 9.47 Å². The second-order valence-electron chi connectivity index (χ2n) is 6.95. The molecular formula is C21H23N3O4S. The molecule has 4 rings (SSSR count). The Morgan fingerprint density at radius 2 is 1.79 bits per heavy atom. The Labute approximate surface area is 170 Å². The van der Waals surface area contributed by atoms with Crippen molar-refractivity contribution in [2.45, 2.75) is 24.4 Å². The summed E-state index contributed by atoms with van der Waals surface area (Å²) in [6, 6.07) is 14.7. The second-order valence-corrected chi connectivity index (χ2v) is 9.00. The van der Waals surface area contributed by atoms with Gasteiger partial charge in [0.2, 0.25) is 10.0 Å². The summed E-state index contributed by atoms with van der Waals surface area (Å²) in [5.74, 6) is 1.04. The van der Waals surface area contributed by atoms with Crippen molar-refractivity contribution in [3.05, 3.63) is 72.1 Å². The summed E-state index contributed by atoms with van der Waals surface area (Å²) in [7, 11) is -2.11. The van der Waals surface area contributed by atoms with Crippen molar-refractivity contribution < 1.29 is 17.9 Å². The SMILES string of the molecule is CN(Cc1cnn(Cc2ccccc2)c1)S(=O)(=O)c1ccc2c(c1)OCCCO2. The summed E-state index contributed by atoms with van der Waals surface area (Å²) in [4.78, 5) is 0.181. The van der Waals surface area contributed by atoms with Crippen LogP contribution in [0.2, 0.25) is 0 Å². The van der Waals surface area contributed by atoms with Gasteiger partial charge < -0.3 is 9.47 Å². The molecule has 0 unspecified atom stereocenters. The van der Waals surface area contributed by atoms with Crippen LogP contribution in [-0.4, -0.2) is 42.8 Å². The fourth-order valence-electron chi connectivity index (χ4n) is 3.17. The van der Waals surface area contributed by atoms with E-state index in [4.69, 9.17) is 9.47 Å². The topological polar surface area (TPSA) is 73.7 Å². The van der Waals surface area contributed by atoms with E-state index in [9.17, 15) is 8.42 Å². The molecule has 0 saturated carbocycles. The number of rotatable bonds is 6. The monoisotopic (exact) mass is 413 g/mol. The van der Waals surface area contributed by atoms with Crippen molar-refractivity contribution >= 4 is 10.0 Å². The molecule has 0 fully saturated rings. The number of hydrogen-bond acceptors (Lipinski definition) is 5. The number of sulfonamides is 1. The van der Waals surface area contributed by atoms with Gasteiger partial charge in [-0.25, -0.2) is 8.42 Å². The van der Waals surface area contributed by atoms with E-state index in [1.807, 2.05) is 36.5 Å². The molecule has 0 saturated heterocycles. The van der Waals surface area contributed by atoms with Crippen molar-refractivity contribution in [2.24, 2.45) is 0 Å². The fraction of sp³-hybridized carbons (Fsp3) is 0.286. The van der Waals surface area contributed by atoms with Gasteiger partial charge in [-0.1, -0.05) is 30.3 Å². The highest BCUT2D eigenvalue weighted by molar-refractivity contribution is 7.89. The summed E-state index contributed by atoms with van der Waals surface area (Å²) in [5.41, 5.74) is 1.96. The lowest BCUT2D eigenvalue weighted by molar-refractivity contribution is 0.297. The quantitative estimate of drug-likeness (QED) is 0.621. The highest BCUT2D eigenvalue weighted by Crippen LogP contribution is 2.32. The largest absolute Gasteiger partial charge is 0.490 e. The molecular weight excluding hydrogens is 390 g/mol. The summed E-state index contributed by atoms with van der Waals surface area (Å²) in [5, 5.41) is 4.35. The normalized spacial score (nSPS) is 14.0. The van der Waals surface area contributed by atoms with Crippen LogP contribution in [-0.2, 0) is 23.1 Å². The molecule has 29 heavy (non-hydrogen) atoms. The Balaban J connectivity index is 1.48. The zero-order valence-electron chi connectivity index (χ0n) is 16.2. The van der Waals surface area contributed by atoms with E-state index in [2.05, 4.69) is 5.10 Å². The zero-order valence-corrected chi connectivity index (χ0v) is 17.0. The summed E-state index contributed by atoms with van der Waals surface area (Å²) in [6.07, 6.45) is 4.33. The molecule has 8 heteroatoms. The lowest BCUT2D eigenvalue weighted by Crippen LogP contribution is -2.26. The van der Waals surface area contributed by atoms with Crippen LogP contribution in [0.15, 0.2) is 65.8 Å². The molecule has 0 atom stereocenters. The smallest absolute Gasteiger partial charge is 0.243 e. The molecule has 0 spiro atoms. The Morgan fingerprint density at radius 1 is 1.03 bits per heavy atom. The van der Waals surface area contributed by atoms with Crippen LogP contribution in [0.25, 0.3) is 0 Å². The summed E-state index contributed by atoms with van der Waals surface area (Å²) >= 11 is 0. The van der Waals surface area contributed by atoms with Crippen LogP contribution in [0.4, 0.5) is 0 Å². The number of fused-ring (bicyclic) bond motifs is 1. The average Bonchev–Trinajstić information content (AvgIpc) is 3.01. The Morgan fingerprint density at radius 3 is 2.59 bits per heavy atom. The van der Waals surface area contributed by atoms with Crippen LogP contribution in [0.1, 0.15) is 17.5 Å². The average molecular weight is 413 g/mol. The molecule has 2 heterocycles. The highest BCUT2D eigenvalue weighted by atomic mass is 32.2. The summed E-state index contributed by atoms with van der Waals surface area (Å²) in [6.45, 7) is 1.93. The van der Waals surface area contributed by atoms with E-state index in [0.29, 0.717) is 31.3 Å². The van der Waals surface area contributed by atoms with Crippen LogP contribution in [0, 0.1) is 0 Å². The first-order chi connectivity index (χ1) is 14.0. The number of ether oxygens (including phenoxy) is 2. The Bertz CT molecular complexity index is 1080. The second kappa shape index (κ2) is 8.26. The van der Waals surface area contributed by atoms with Crippen molar-refractivity contribution in [2.75, 3.05) is 20.3 Å².